The van der Waals surface area contributed by atoms with Crippen molar-refractivity contribution in [1.29, 1.82) is 0 Å². The third-order valence-corrected chi connectivity index (χ3v) is 2.73. The SMILES string of the molecule is NSc1ccc2c(c1)CCC2. The van der Waals surface area contributed by atoms with Crippen molar-refractivity contribution in [2.45, 2.75) is 24.2 Å². The van der Waals surface area contributed by atoms with Crippen LogP contribution < -0.4 is 5.14 Å². The van der Waals surface area contributed by atoms with Gasteiger partial charge < -0.3 is 0 Å². The van der Waals surface area contributed by atoms with Gasteiger partial charge in [0.15, 0.2) is 0 Å². The highest BCUT2D eigenvalue weighted by atomic mass is 32.2. The number of aryl methyl sites for hydroxylation is 2. The van der Waals surface area contributed by atoms with Gasteiger partial charge in [-0.25, -0.2) is 0 Å². The Hall–Kier alpha value is -0.470. The summed E-state index contributed by atoms with van der Waals surface area (Å²) in [6, 6.07) is 6.53. The van der Waals surface area contributed by atoms with Gasteiger partial charge in [0.1, 0.15) is 0 Å². The first kappa shape index (κ1) is 7.19. The predicted octanol–water partition coefficient (Wildman–Crippen LogP) is 2.14. The van der Waals surface area contributed by atoms with Gasteiger partial charge in [0.2, 0.25) is 0 Å². The standard InChI is InChI=1S/C9H11NS/c10-11-9-5-4-7-2-1-3-8(7)6-9/h4-6H,1-3,10H2. The minimum Gasteiger partial charge on any atom is -0.274 e. The second-order valence-electron chi connectivity index (χ2n) is 2.90. The van der Waals surface area contributed by atoms with E-state index in [0.29, 0.717) is 0 Å². The molecule has 1 aliphatic rings. The lowest BCUT2D eigenvalue weighted by Crippen LogP contribution is -1.84. The minimum atomic E-state index is 1.19. The Balaban J connectivity index is 2.41. The normalized spacial score (nSPS) is 15.0. The molecule has 0 saturated carbocycles. The number of benzene rings is 1. The van der Waals surface area contributed by atoms with Crippen molar-refractivity contribution in [3.63, 3.8) is 0 Å². The van der Waals surface area contributed by atoms with E-state index in [2.05, 4.69) is 18.2 Å². The maximum Gasteiger partial charge on any atom is 0.0228 e. The molecular formula is C9H11NS. The Morgan fingerprint density at radius 2 is 2.00 bits per heavy atom. The van der Waals surface area contributed by atoms with Crippen LogP contribution in [0.5, 0.6) is 0 Å². The monoisotopic (exact) mass is 165 g/mol. The molecule has 0 spiro atoms. The lowest BCUT2D eigenvalue weighted by molar-refractivity contribution is 0.911. The second-order valence-corrected chi connectivity index (χ2v) is 3.61. The van der Waals surface area contributed by atoms with Gasteiger partial charge in [0.25, 0.3) is 0 Å². The first-order chi connectivity index (χ1) is 5.40. The van der Waals surface area contributed by atoms with E-state index in [0.717, 1.165) is 0 Å². The van der Waals surface area contributed by atoms with Crippen molar-refractivity contribution < 1.29 is 0 Å². The Labute approximate surface area is 71.1 Å². The van der Waals surface area contributed by atoms with Crippen molar-refractivity contribution >= 4 is 11.9 Å². The molecule has 1 aliphatic carbocycles. The molecule has 2 N–H and O–H groups in total. The first-order valence-corrected chi connectivity index (χ1v) is 4.76. The molecule has 0 aromatic heterocycles. The largest absolute Gasteiger partial charge is 0.274 e. The van der Waals surface area contributed by atoms with E-state index in [1.54, 1.807) is 0 Å². The van der Waals surface area contributed by atoms with E-state index in [1.165, 1.54) is 47.2 Å². The molecule has 0 radical (unpaired) electrons. The van der Waals surface area contributed by atoms with Crippen LogP contribution in [0.2, 0.25) is 0 Å². The topological polar surface area (TPSA) is 26.0 Å². The zero-order valence-corrected chi connectivity index (χ0v) is 7.16. The van der Waals surface area contributed by atoms with Crippen LogP contribution in [0, 0.1) is 0 Å². The van der Waals surface area contributed by atoms with Gasteiger partial charge in [0.05, 0.1) is 0 Å². The Morgan fingerprint density at radius 1 is 1.18 bits per heavy atom. The summed E-state index contributed by atoms with van der Waals surface area (Å²) < 4.78 is 0. The van der Waals surface area contributed by atoms with Gasteiger partial charge in [-0.15, -0.1) is 0 Å². The number of nitrogens with two attached hydrogens (primary N) is 1. The van der Waals surface area contributed by atoms with Crippen molar-refractivity contribution in [2.75, 3.05) is 0 Å². The highest BCUT2D eigenvalue weighted by Crippen LogP contribution is 2.25. The van der Waals surface area contributed by atoms with Crippen LogP contribution in [0.1, 0.15) is 17.5 Å². The maximum atomic E-state index is 5.46. The highest BCUT2D eigenvalue weighted by Gasteiger charge is 2.09. The van der Waals surface area contributed by atoms with Gasteiger partial charge in [-0.3, -0.25) is 5.14 Å². The smallest absolute Gasteiger partial charge is 0.0228 e. The Bertz CT molecular complexity index is 270. The molecule has 0 saturated heterocycles. The highest BCUT2D eigenvalue weighted by molar-refractivity contribution is 7.97. The number of hydrogen-bond donors (Lipinski definition) is 1. The summed E-state index contributed by atoms with van der Waals surface area (Å²) in [5.41, 5.74) is 3.02. The van der Waals surface area contributed by atoms with Gasteiger partial charge in [-0.2, -0.15) is 0 Å². The molecule has 1 aromatic rings. The first-order valence-electron chi connectivity index (χ1n) is 3.88. The summed E-state index contributed by atoms with van der Waals surface area (Å²) in [7, 11) is 0. The molecule has 0 fully saturated rings. The molecule has 2 rings (SSSR count). The van der Waals surface area contributed by atoms with E-state index in [4.69, 9.17) is 5.14 Å². The fourth-order valence-electron chi connectivity index (χ4n) is 1.62. The Kier molecular flexibility index (Phi) is 1.88. The van der Waals surface area contributed by atoms with Crippen molar-refractivity contribution in [1.82, 2.24) is 0 Å². The molecule has 0 aliphatic heterocycles. The van der Waals surface area contributed by atoms with Crippen molar-refractivity contribution in [3.05, 3.63) is 29.3 Å². The van der Waals surface area contributed by atoms with Crippen LogP contribution in [0.15, 0.2) is 23.1 Å². The molecule has 58 valence electrons. The summed E-state index contributed by atoms with van der Waals surface area (Å²) in [5, 5.41) is 5.46. The lowest BCUT2D eigenvalue weighted by Gasteiger charge is -2.00. The second kappa shape index (κ2) is 2.88. The van der Waals surface area contributed by atoms with Gasteiger partial charge in [-0.1, -0.05) is 6.07 Å². The summed E-state index contributed by atoms with van der Waals surface area (Å²) >= 11 is 1.33. The third kappa shape index (κ3) is 1.28. The number of hydrogen-bond acceptors (Lipinski definition) is 2. The fraction of sp³-hybridized carbons (Fsp3) is 0.333. The van der Waals surface area contributed by atoms with Gasteiger partial charge in [-0.05, 0) is 54.5 Å². The van der Waals surface area contributed by atoms with Crippen LogP contribution in [0.4, 0.5) is 0 Å². The molecule has 0 heterocycles. The fourth-order valence-corrected chi connectivity index (χ4v) is 1.98. The summed E-state index contributed by atoms with van der Waals surface area (Å²) in [4.78, 5) is 1.19. The van der Waals surface area contributed by atoms with E-state index in [9.17, 15) is 0 Å². The van der Waals surface area contributed by atoms with E-state index in [-0.39, 0.29) is 0 Å². The van der Waals surface area contributed by atoms with Crippen LogP contribution in [-0.2, 0) is 12.8 Å². The van der Waals surface area contributed by atoms with Crippen LogP contribution in [0.25, 0.3) is 0 Å². The molecule has 0 atom stereocenters. The predicted molar refractivity (Wildman–Crippen MR) is 48.5 cm³/mol. The van der Waals surface area contributed by atoms with E-state index < -0.39 is 0 Å². The van der Waals surface area contributed by atoms with Gasteiger partial charge >= 0.3 is 0 Å². The van der Waals surface area contributed by atoms with E-state index in [1.807, 2.05) is 0 Å². The third-order valence-electron chi connectivity index (χ3n) is 2.21. The van der Waals surface area contributed by atoms with Crippen molar-refractivity contribution in [2.24, 2.45) is 5.14 Å². The van der Waals surface area contributed by atoms with Crippen LogP contribution >= 0.6 is 11.9 Å². The minimum absolute atomic E-state index is 1.19. The summed E-state index contributed by atoms with van der Waals surface area (Å²) in [6.45, 7) is 0. The number of rotatable bonds is 1. The summed E-state index contributed by atoms with van der Waals surface area (Å²) in [5.74, 6) is 0. The molecule has 2 heteroatoms. The molecule has 0 unspecified atom stereocenters. The molecule has 11 heavy (non-hydrogen) atoms. The average Bonchev–Trinajstić information content (AvgIpc) is 2.50. The molecule has 1 nitrogen and oxygen atoms in total. The van der Waals surface area contributed by atoms with E-state index >= 15 is 0 Å². The zero-order valence-electron chi connectivity index (χ0n) is 6.34. The molecular weight excluding hydrogens is 154 g/mol. The Morgan fingerprint density at radius 3 is 2.82 bits per heavy atom. The maximum absolute atomic E-state index is 5.46. The molecule has 0 amide bonds. The quantitative estimate of drug-likeness (QED) is 0.645. The molecule has 1 aromatic carbocycles. The van der Waals surface area contributed by atoms with Crippen LogP contribution in [0.3, 0.4) is 0 Å². The zero-order chi connectivity index (χ0) is 7.68. The van der Waals surface area contributed by atoms with Gasteiger partial charge in [0, 0.05) is 4.90 Å². The summed E-state index contributed by atoms with van der Waals surface area (Å²) in [6.07, 6.45) is 3.81. The average molecular weight is 165 g/mol. The number of fused-ring (bicyclic) bond motifs is 1. The lowest BCUT2D eigenvalue weighted by atomic mass is 10.1. The van der Waals surface area contributed by atoms with Crippen molar-refractivity contribution in [3.8, 4) is 0 Å². The van der Waals surface area contributed by atoms with Crippen LogP contribution in [-0.4, -0.2) is 0 Å². The molecule has 0 bridgehead atoms.